The van der Waals surface area contributed by atoms with Crippen LogP contribution in [0.15, 0.2) is 47.6 Å². The summed E-state index contributed by atoms with van der Waals surface area (Å²) in [4.78, 5) is 22.5. The van der Waals surface area contributed by atoms with Crippen molar-refractivity contribution in [2.45, 2.75) is 45.5 Å². The highest BCUT2D eigenvalue weighted by Crippen LogP contribution is 2.34. The molecule has 0 fully saturated rings. The molecule has 33 heavy (non-hydrogen) atoms. The van der Waals surface area contributed by atoms with E-state index in [2.05, 4.69) is 27.2 Å². The molecule has 1 atom stereocenters. The summed E-state index contributed by atoms with van der Waals surface area (Å²) in [6.07, 6.45) is -1.65. The monoisotopic (exact) mass is 480 g/mol. The van der Waals surface area contributed by atoms with Gasteiger partial charge in [-0.1, -0.05) is 18.7 Å². The Bertz CT molecular complexity index is 1150. The smallest absolute Gasteiger partial charge is 0.363 e. The number of rotatable bonds is 6. The predicted octanol–water partition coefficient (Wildman–Crippen LogP) is 5.21. The van der Waals surface area contributed by atoms with Gasteiger partial charge in [0.1, 0.15) is 11.7 Å². The lowest BCUT2D eigenvalue weighted by Crippen LogP contribution is -2.42. The number of nitrogens with one attached hydrogen (secondary N) is 2. The SMILES string of the molecule is C=C(/C=C(/C(=O)N[C@H](C)c1cccc(C(F)(F)F)c1F)C1=NCC(C)(C)N1)c1cnc(C)s1. The summed E-state index contributed by atoms with van der Waals surface area (Å²) >= 11 is 1.41. The van der Waals surface area contributed by atoms with Crippen molar-refractivity contribution in [1.82, 2.24) is 15.6 Å². The highest BCUT2D eigenvalue weighted by Gasteiger charge is 2.36. The first-order valence-electron chi connectivity index (χ1n) is 10.1. The fraction of sp³-hybridized carbons (Fsp3) is 0.348. The number of amidine groups is 1. The van der Waals surface area contributed by atoms with Gasteiger partial charge in [-0.25, -0.2) is 9.37 Å². The van der Waals surface area contributed by atoms with Crippen LogP contribution >= 0.6 is 11.3 Å². The van der Waals surface area contributed by atoms with Gasteiger partial charge in [-0.05, 0) is 45.4 Å². The molecule has 0 radical (unpaired) electrons. The largest absolute Gasteiger partial charge is 0.419 e. The lowest BCUT2D eigenvalue weighted by molar-refractivity contribution is -0.140. The Morgan fingerprint density at radius 3 is 2.61 bits per heavy atom. The standard InChI is InChI=1S/C23H24F4N4OS/c1-12(18-10-28-14(3)33-18)9-16(20-29-11-22(4,5)31-20)21(32)30-13(2)15-7-6-8-17(19(15)24)23(25,26)27/h6-10,13H,1,11H2,2-5H3,(H,29,31)(H,30,32)/b16-9+/t13-/m1/s1. The number of nitrogens with zero attached hydrogens (tertiary/aromatic N) is 2. The highest BCUT2D eigenvalue weighted by atomic mass is 32.1. The van der Waals surface area contributed by atoms with Crippen molar-refractivity contribution >= 4 is 28.7 Å². The van der Waals surface area contributed by atoms with Gasteiger partial charge in [0.25, 0.3) is 5.91 Å². The van der Waals surface area contributed by atoms with E-state index in [1.807, 2.05) is 20.8 Å². The van der Waals surface area contributed by atoms with Crippen LogP contribution in [0.25, 0.3) is 5.57 Å². The summed E-state index contributed by atoms with van der Waals surface area (Å²) in [6, 6.07) is 1.96. The molecule has 1 amide bonds. The van der Waals surface area contributed by atoms with Gasteiger partial charge in [-0.15, -0.1) is 11.3 Å². The zero-order chi connectivity index (χ0) is 24.6. The molecule has 0 bridgehead atoms. The minimum absolute atomic E-state index is 0.149. The van der Waals surface area contributed by atoms with Crippen LogP contribution in [0.5, 0.6) is 0 Å². The number of halogens is 4. The predicted molar refractivity (Wildman–Crippen MR) is 121 cm³/mol. The summed E-state index contributed by atoms with van der Waals surface area (Å²) in [6.45, 7) is 11.5. The second kappa shape index (κ2) is 9.09. The maximum absolute atomic E-state index is 14.6. The average Bonchev–Trinajstić information content (AvgIpc) is 3.30. The van der Waals surface area contributed by atoms with Gasteiger partial charge in [0.2, 0.25) is 0 Å². The Balaban J connectivity index is 1.91. The number of benzene rings is 1. The lowest BCUT2D eigenvalue weighted by atomic mass is 10.0. The fourth-order valence-electron chi connectivity index (χ4n) is 3.28. The number of hydrogen-bond donors (Lipinski definition) is 2. The first-order chi connectivity index (χ1) is 15.3. The van der Waals surface area contributed by atoms with E-state index in [1.54, 1.807) is 12.3 Å². The molecule has 0 aliphatic carbocycles. The molecule has 5 nitrogen and oxygen atoms in total. The molecule has 0 spiro atoms. The summed E-state index contributed by atoms with van der Waals surface area (Å²) in [5.74, 6) is -1.70. The van der Waals surface area contributed by atoms with Gasteiger partial charge in [0.15, 0.2) is 0 Å². The molecule has 0 saturated heterocycles. The van der Waals surface area contributed by atoms with E-state index >= 15 is 0 Å². The number of hydrogen-bond acceptors (Lipinski definition) is 5. The number of thiazole rings is 1. The van der Waals surface area contributed by atoms with Crippen LogP contribution in [0.3, 0.4) is 0 Å². The van der Waals surface area contributed by atoms with E-state index in [4.69, 9.17) is 0 Å². The molecule has 176 valence electrons. The lowest BCUT2D eigenvalue weighted by Gasteiger charge is -2.21. The maximum atomic E-state index is 14.6. The summed E-state index contributed by atoms with van der Waals surface area (Å²) in [7, 11) is 0. The Morgan fingerprint density at radius 2 is 2.06 bits per heavy atom. The quantitative estimate of drug-likeness (QED) is 0.339. The fourth-order valence-corrected chi connectivity index (χ4v) is 4.00. The summed E-state index contributed by atoms with van der Waals surface area (Å²) in [5.41, 5.74) is -1.35. The van der Waals surface area contributed by atoms with E-state index in [9.17, 15) is 22.4 Å². The van der Waals surface area contributed by atoms with Crippen LogP contribution < -0.4 is 10.6 Å². The Morgan fingerprint density at radius 1 is 1.36 bits per heavy atom. The normalized spacial score (nSPS) is 16.7. The molecule has 10 heteroatoms. The second-order valence-corrected chi connectivity index (χ2v) is 9.64. The molecule has 2 N–H and O–H groups in total. The zero-order valence-electron chi connectivity index (χ0n) is 18.6. The molecule has 2 aromatic rings. The molecular weight excluding hydrogens is 456 g/mol. The van der Waals surface area contributed by atoms with E-state index in [1.165, 1.54) is 24.3 Å². The average molecular weight is 481 g/mol. The van der Waals surface area contributed by atoms with E-state index < -0.39 is 29.5 Å². The topological polar surface area (TPSA) is 66.4 Å². The van der Waals surface area contributed by atoms with Crippen molar-refractivity contribution in [1.29, 1.82) is 0 Å². The number of alkyl halides is 3. The molecule has 2 heterocycles. The Kier molecular flexibility index (Phi) is 6.78. The minimum Gasteiger partial charge on any atom is -0.363 e. The van der Waals surface area contributed by atoms with Gasteiger partial charge in [0, 0.05) is 11.8 Å². The number of aromatic nitrogens is 1. The van der Waals surface area contributed by atoms with Gasteiger partial charge in [-0.3, -0.25) is 9.79 Å². The minimum atomic E-state index is -4.84. The highest BCUT2D eigenvalue weighted by molar-refractivity contribution is 7.12. The Hall–Kier alpha value is -3.01. The molecule has 1 aliphatic heterocycles. The first kappa shape index (κ1) is 24.6. The molecule has 1 aliphatic rings. The summed E-state index contributed by atoms with van der Waals surface area (Å²) < 4.78 is 53.8. The zero-order valence-corrected chi connectivity index (χ0v) is 19.4. The van der Waals surface area contributed by atoms with Gasteiger partial charge in [0.05, 0.1) is 39.1 Å². The third-order valence-corrected chi connectivity index (χ3v) is 5.98. The Labute approximate surface area is 193 Å². The molecule has 1 aromatic heterocycles. The molecule has 0 saturated carbocycles. The molecule has 1 aromatic carbocycles. The first-order valence-corrected chi connectivity index (χ1v) is 10.9. The van der Waals surface area contributed by atoms with Crippen molar-refractivity contribution < 1.29 is 22.4 Å². The van der Waals surface area contributed by atoms with Crippen molar-refractivity contribution in [2.75, 3.05) is 6.54 Å². The number of allylic oxidation sites excluding steroid dienone is 2. The van der Waals surface area contributed by atoms with Gasteiger partial charge in [-0.2, -0.15) is 13.2 Å². The van der Waals surface area contributed by atoms with Crippen molar-refractivity contribution in [3.63, 3.8) is 0 Å². The van der Waals surface area contributed by atoms with Crippen molar-refractivity contribution in [3.8, 4) is 0 Å². The third-order valence-electron chi connectivity index (χ3n) is 4.99. The number of carbonyl (C=O) groups excluding carboxylic acids is 1. The van der Waals surface area contributed by atoms with E-state index in [0.29, 0.717) is 24.0 Å². The number of aryl methyl sites for hydroxylation is 1. The van der Waals surface area contributed by atoms with Crippen LogP contribution in [-0.2, 0) is 11.0 Å². The van der Waals surface area contributed by atoms with Gasteiger partial charge >= 0.3 is 6.18 Å². The van der Waals surface area contributed by atoms with Crippen LogP contribution in [0, 0.1) is 12.7 Å². The number of aliphatic imine (C=N–C) groups is 1. The van der Waals surface area contributed by atoms with Crippen LogP contribution in [0.2, 0.25) is 0 Å². The van der Waals surface area contributed by atoms with Crippen LogP contribution in [-0.4, -0.2) is 28.8 Å². The molecule has 0 unspecified atom stereocenters. The molecule has 3 rings (SSSR count). The summed E-state index contributed by atoms with van der Waals surface area (Å²) in [5, 5.41) is 6.59. The maximum Gasteiger partial charge on any atom is 0.419 e. The van der Waals surface area contributed by atoms with E-state index in [0.717, 1.165) is 16.0 Å². The number of carbonyl (C=O) groups is 1. The third kappa shape index (κ3) is 5.68. The second-order valence-electron chi connectivity index (χ2n) is 8.40. The van der Waals surface area contributed by atoms with E-state index in [-0.39, 0.29) is 16.7 Å². The van der Waals surface area contributed by atoms with Crippen LogP contribution in [0.1, 0.15) is 47.8 Å². The van der Waals surface area contributed by atoms with Crippen molar-refractivity contribution in [2.24, 2.45) is 4.99 Å². The van der Waals surface area contributed by atoms with Crippen molar-refractivity contribution in [3.05, 3.63) is 69.5 Å². The van der Waals surface area contributed by atoms with Gasteiger partial charge < -0.3 is 10.6 Å². The number of amides is 1. The van der Waals surface area contributed by atoms with Crippen LogP contribution in [0.4, 0.5) is 17.6 Å². The molecular formula is C23H24F4N4OS.